The number of amides is 1. The lowest BCUT2D eigenvalue weighted by molar-refractivity contribution is -0.133. The molecule has 2 heterocycles. The molecule has 1 atom stereocenters. The van der Waals surface area contributed by atoms with Gasteiger partial charge in [0.2, 0.25) is 5.91 Å². The van der Waals surface area contributed by atoms with Crippen molar-refractivity contribution in [3.05, 3.63) is 18.2 Å². The standard InChI is InChI=1S/C15H26N4O2/c1-12(20)18(3)13-6-9-19(10-7-13)15(21)5-4-14-16-8-11-17(14)2/h8,11-13,20H,4-7,9-10H2,1-3H3. The molecule has 6 nitrogen and oxygen atoms in total. The largest absolute Gasteiger partial charge is 0.379 e. The highest BCUT2D eigenvalue weighted by Gasteiger charge is 2.26. The number of carbonyl (C=O) groups is 1. The molecule has 1 saturated heterocycles. The quantitative estimate of drug-likeness (QED) is 0.809. The minimum Gasteiger partial charge on any atom is -0.379 e. The average Bonchev–Trinajstić information content (AvgIpc) is 2.89. The topological polar surface area (TPSA) is 61.6 Å². The summed E-state index contributed by atoms with van der Waals surface area (Å²) >= 11 is 0. The van der Waals surface area contributed by atoms with Crippen molar-refractivity contribution < 1.29 is 9.90 Å². The Morgan fingerprint density at radius 1 is 1.52 bits per heavy atom. The maximum atomic E-state index is 12.2. The van der Waals surface area contributed by atoms with E-state index in [1.54, 1.807) is 13.1 Å². The predicted octanol–water partition coefficient (Wildman–Crippen LogP) is 0.614. The third-order valence-corrected chi connectivity index (χ3v) is 4.47. The van der Waals surface area contributed by atoms with E-state index >= 15 is 0 Å². The molecule has 1 N–H and O–H groups in total. The van der Waals surface area contributed by atoms with Crippen LogP contribution < -0.4 is 0 Å². The molecule has 21 heavy (non-hydrogen) atoms. The summed E-state index contributed by atoms with van der Waals surface area (Å²) in [5.74, 6) is 1.16. The summed E-state index contributed by atoms with van der Waals surface area (Å²) < 4.78 is 1.96. The first-order valence-electron chi connectivity index (χ1n) is 7.63. The zero-order chi connectivity index (χ0) is 15.4. The summed E-state index contributed by atoms with van der Waals surface area (Å²) in [6, 6.07) is 0.364. The van der Waals surface area contributed by atoms with Crippen molar-refractivity contribution in [1.29, 1.82) is 0 Å². The molecule has 0 radical (unpaired) electrons. The smallest absolute Gasteiger partial charge is 0.223 e. The molecule has 1 aromatic heterocycles. The van der Waals surface area contributed by atoms with Crippen molar-refractivity contribution >= 4 is 5.91 Å². The first-order chi connectivity index (χ1) is 9.99. The predicted molar refractivity (Wildman–Crippen MR) is 80.6 cm³/mol. The molecule has 1 aromatic rings. The molecule has 1 aliphatic rings. The van der Waals surface area contributed by atoms with Crippen LogP contribution in [0.5, 0.6) is 0 Å². The Hall–Kier alpha value is -1.40. The second kappa shape index (κ2) is 7.04. The molecule has 0 aromatic carbocycles. The van der Waals surface area contributed by atoms with Crippen molar-refractivity contribution in [1.82, 2.24) is 19.4 Å². The number of carbonyl (C=O) groups excluding carboxylic acids is 1. The Balaban J connectivity index is 1.77. The van der Waals surface area contributed by atoms with Gasteiger partial charge in [0.1, 0.15) is 12.1 Å². The summed E-state index contributed by atoms with van der Waals surface area (Å²) in [6.45, 7) is 3.34. The Kier molecular flexibility index (Phi) is 5.36. The summed E-state index contributed by atoms with van der Waals surface area (Å²) in [5, 5.41) is 9.60. The molecule has 0 bridgehead atoms. The monoisotopic (exact) mass is 294 g/mol. The van der Waals surface area contributed by atoms with Gasteiger partial charge in [0, 0.05) is 51.4 Å². The van der Waals surface area contributed by atoms with Gasteiger partial charge in [-0.25, -0.2) is 4.98 Å². The summed E-state index contributed by atoms with van der Waals surface area (Å²) in [6.07, 6.45) is 6.29. The first kappa shape index (κ1) is 16.0. The van der Waals surface area contributed by atoms with Crippen LogP contribution in [-0.2, 0) is 18.3 Å². The fourth-order valence-electron chi connectivity index (χ4n) is 2.84. The number of aliphatic hydroxyl groups excluding tert-OH is 1. The summed E-state index contributed by atoms with van der Waals surface area (Å²) in [5.41, 5.74) is 0. The molecule has 1 unspecified atom stereocenters. The van der Waals surface area contributed by atoms with Crippen LogP contribution >= 0.6 is 0 Å². The highest BCUT2D eigenvalue weighted by Crippen LogP contribution is 2.17. The van der Waals surface area contributed by atoms with Gasteiger partial charge in [0.15, 0.2) is 0 Å². The highest BCUT2D eigenvalue weighted by molar-refractivity contribution is 5.76. The lowest BCUT2D eigenvalue weighted by Gasteiger charge is -2.38. The van der Waals surface area contributed by atoms with E-state index in [9.17, 15) is 9.90 Å². The third-order valence-electron chi connectivity index (χ3n) is 4.47. The van der Waals surface area contributed by atoms with Gasteiger partial charge >= 0.3 is 0 Å². The second-order valence-electron chi connectivity index (χ2n) is 5.86. The van der Waals surface area contributed by atoms with Gasteiger partial charge in [-0.2, -0.15) is 0 Å². The minimum absolute atomic E-state index is 0.205. The van der Waals surface area contributed by atoms with E-state index in [2.05, 4.69) is 4.98 Å². The number of likely N-dealkylation sites (tertiary alicyclic amines) is 1. The van der Waals surface area contributed by atoms with Crippen LogP contribution in [-0.4, -0.2) is 62.8 Å². The number of aryl methyl sites for hydroxylation is 2. The van der Waals surface area contributed by atoms with Gasteiger partial charge in [0.05, 0.1) is 0 Å². The number of piperidine rings is 1. The van der Waals surface area contributed by atoms with E-state index in [1.807, 2.05) is 34.7 Å². The van der Waals surface area contributed by atoms with Gasteiger partial charge < -0.3 is 14.6 Å². The highest BCUT2D eigenvalue weighted by atomic mass is 16.3. The zero-order valence-electron chi connectivity index (χ0n) is 13.2. The van der Waals surface area contributed by atoms with Crippen LogP contribution in [0.15, 0.2) is 12.4 Å². The van der Waals surface area contributed by atoms with Crippen molar-refractivity contribution in [2.75, 3.05) is 20.1 Å². The molecule has 1 amide bonds. The van der Waals surface area contributed by atoms with E-state index in [0.717, 1.165) is 31.8 Å². The van der Waals surface area contributed by atoms with E-state index < -0.39 is 6.23 Å². The number of aliphatic hydroxyl groups is 1. The minimum atomic E-state index is -0.430. The normalized spacial score (nSPS) is 18.2. The Morgan fingerprint density at radius 2 is 2.19 bits per heavy atom. The van der Waals surface area contributed by atoms with E-state index in [4.69, 9.17) is 0 Å². The molecule has 1 fully saturated rings. The van der Waals surface area contributed by atoms with Crippen LogP contribution in [0.2, 0.25) is 0 Å². The van der Waals surface area contributed by atoms with Crippen molar-refractivity contribution in [2.45, 2.75) is 44.9 Å². The van der Waals surface area contributed by atoms with E-state index in [0.29, 0.717) is 18.9 Å². The third kappa shape index (κ3) is 4.04. The average molecular weight is 294 g/mol. The van der Waals surface area contributed by atoms with Gasteiger partial charge in [-0.1, -0.05) is 0 Å². The molecular formula is C15H26N4O2. The number of imidazole rings is 1. The molecule has 6 heteroatoms. The molecule has 0 aliphatic carbocycles. The number of hydrogen-bond acceptors (Lipinski definition) is 4. The van der Waals surface area contributed by atoms with Gasteiger partial charge in [-0.15, -0.1) is 0 Å². The second-order valence-corrected chi connectivity index (χ2v) is 5.86. The molecule has 118 valence electrons. The van der Waals surface area contributed by atoms with E-state index in [1.165, 1.54) is 0 Å². The van der Waals surface area contributed by atoms with Gasteiger partial charge in [-0.05, 0) is 26.8 Å². The van der Waals surface area contributed by atoms with Crippen molar-refractivity contribution in [3.8, 4) is 0 Å². The lowest BCUT2D eigenvalue weighted by Crippen LogP contribution is -2.48. The van der Waals surface area contributed by atoms with Gasteiger partial charge in [0.25, 0.3) is 0 Å². The molecule has 0 spiro atoms. The molecule has 2 rings (SSSR count). The first-order valence-corrected chi connectivity index (χ1v) is 7.63. The van der Waals surface area contributed by atoms with E-state index in [-0.39, 0.29) is 5.91 Å². The Morgan fingerprint density at radius 3 is 2.71 bits per heavy atom. The van der Waals surface area contributed by atoms with Crippen LogP contribution in [0.25, 0.3) is 0 Å². The number of aromatic nitrogens is 2. The zero-order valence-corrected chi connectivity index (χ0v) is 13.2. The Labute approximate surface area is 126 Å². The van der Waals surface area contributed by atoms with Crippen molar-refractivity contribution in [2.24, 2.45) is 7.05 Å². The van der Waals surface area contributed by atoms with Gasteiger partial charge in [-0.3, -0.25) is 9.69 Å². The summed E-state index contributed by atoms with van der Waals surface area (Å²) in [4.78, 5) is 20.4. The van der Waals surface area contributed by atoms with Crippen LogP contribution in [0.1, 0.15) is 32.0 Å². The van der Waals surface area contributed by atoms with Crippen LogP contribution in [0.3, 0.4) is 0 Å². The Bertz CT molecular complexity index is 464. The number of nitrogens with zero attached hydrogens (tertiary/aromatic N) is 4. The number of rotatable bonds is 5. The molecule has 1 aliphatic heterocycles. The maximum Gasteiger partial charge on any atom is 0.223 e. The van der Waals surface area contributed by atoms with Crippen LogP contribution in [0.4, 0.5) is 0 Å². The van der Waals surface area contributed by atoms with Crippen molar-refractivity contribution in [3.63, 3.8) is 0 Å². The maximum absolute atomic E-state index is 12.2. The SMILES string of the molecule is CC(O)N(C)C1CCN(C(=O)CCc2nccn2C)CC1. The van der Waals surface area contributed by atoms with Crippen LogP contribution in [0, 0.1) is 0 Å². The number of hydrogen-bond donors (Lipinski definition) is 1. The lowest BCUT2D eigenvalue weighted by atomic mass is 10.0. The fraction of sp³-hybridized carbons (Fsp3) is 0.733. The molecule has 0 saturated carbocycles. The fourth-order valence-corrected chi connectivity index (χ4v) is 2.84. The molecular weight excluding hydrogens is 268 g/mol. The summed E-state index contributed by atoms with van der Waals surface area (Å²) in [7, 11) is 3.89.